The Kier molecular flexibility index (Phi) is 10.0. The Morgan fingerprint density at radius 2 is 2.04 bits per heavy atom. The molecule has 24 heavy (non-hydrogen) atoms. The molecule has 0 aliphatic carbocycles. The number of phenolic OH excluding ortho intramolecular Hbond substituents is 1. The third-order valence-corrected chi connectivity index (χ3v) is 4.74. The number of hydrogen-bond donors (Lipinski definition) is 2. The van der Waals surface area contributed by atoms with Crippen LogP contribution in [0.25, 0.3) is 0 Å². The summed E-state index contributed by atoms with van der Waals surface area (Å²) in [5.74, 6) is 3.34. The quantitative estimate of drug-likeness (QED) is 0.224. The lowest BCUT2D eigenvalue weighted by atomic mass is 10.2. The number of anilines is 1. The topological polar surface area (TPSA) is 51.1 Å². The van der Waals surface area contributed by atoms with E-state index in [2.05, 4.69) is 26.7 Å². The minimum Gasteiger partial charge on any atom is -0.506 e. The largest absolute Gasteiger partial charge is 0.506 e. The molecule has 2 N–H and O–H groups in total. The molecular formula is C17H27IN4OS. The zero-order valence-electron chi connectivity index (χ0n) is 14.1. The van der Waals surface area contributed by atoms with Crippen molar-refractivity contribution in [2.24, 2.45) is 4.99 Å². The predicted octanol–water partition coefficient (Wildman–Crippen LogP) is 2.63. The van der Waals surface area contributed by atoms with E-state index in [1.54, 1.807) is 6.07 Å². The number of aliphatic imine (C=N–C) groups is 1. The average molecular weight is 462 g/mol. The highest BCUT2D eigenvalue weighted by atomic mass is 127. The molecule has 0 atom stereocenters. The van der Waals surface area contributed by atoms with Crippen molar-refractivity contribution < 1.29 is 5.11 Å². The van der Waals surface area contributed by atoms with E-state index in [4.69, 9.17) is 0 Å². The molecule has 5 nitrogen and oxygen atoms in total. The second kappa shape index (κ2) is 11.5. The molecular weight excluding hydrogens is 435 g/mol. The molecule has 1 heterocycles. The summed E-state index contributed by atoms with van der Waals surface area (Å²) in [5, 5.41) is 13.4. The molecule has 0 unspecified atom stereocenters. The second-order valence-corrected chi connectivity index (χ2v) is 6.45. The number of halogens is 1. The molecule has 1 aromatic carbocycles. The lowest BCUT2D eigenvalue weighted by Gasteiger charge is -2.37. The van der Waals surface area contributed by atoms with E-state index in [1.807, 2.05) is 43.1 Å². The van der Waals surface area contributed by atoms with Crippen molar-refractivity contribution in [1.29, 1.82) is 0 Å². The number of nitrogens with one attached hydrogen (secondary N) is 1. The van der Waals surface area contributed by atoms with Gasteiger partial charge in [-0.05, 0) is 12.1 Å². The minimum absolute atomic E-state index is 0. The van der Waals surface area contributed by atoms with Gasteiger partial charge in [-0.1, -0.05) is 18.2 Å². The third kappa shape index (κ3) is 6.08. The van der Waals surface area contributed by atoms with Crippen LogP contribution in [0.4, 0.5) is 5.69 Å². The molecule has 134 valence electrons. The van der Waals surface area contributed by atoms with Gasteiger partial charge < -0.3 is 20.2 Å². The van der Waals surface area contributed by atoms with Crippen LogP contribution < -0.4 is 10.2 Å². The SMILES string of the molecule is C=CCSCCNC(=NC)N1CCN(c2ccccc2O)CC1.I. The summed E-state index contributed by atoms with van der Waals surface area (Å²) in [6, 6.07) is 7.52. The van der Waals surface area contributed by atoms with Crippen LogP contribution in [-0.4, -0.2) is 67.2 Å². The van der Waals surface area contributed by atoms with Crippen LogP contribution in [0.5, 0.6) is 5.75 Å². The average Bonchev–Trinajstić information content (AvgIpc) is 2.59. The van der Waals surface area contributed by atoms with Crippen LogP contribution in [0.3, 0.4) is 0 Å². The molecule has 1 aliphatic rings. The number of thioether (sulfide) groups is 1. The summed E-state index contributed by atoms with van der Waals surface area (Å²) in [6.07, 6.45) is 1.93. The number of benzene rings is 1. The van der Waals surface area contributed by atoms with Gasteiger partial charge in [0.1, 0.15) is 5.75 Å². The van der Waals surface area contributed by atoms with Crippen molar-refractivity contribution in [3.8, 4) is 5.75 Å². The Hall–Kier alpha value is -1.09. The maximum atomic E-state index is 9.97. The van der Waals surface area contributed by atoms with Crippen LogP contribution in [0.1, 0.15) is 0 Å². The first-order valence-corrected chi connectivity index (χ1v) is 9.09. The fourth-order valence-corrected chi connectivity index (χ4v) is 3.20. The molecule has 0 bridgehead atoms. The zero-order valence-corrected chi connectivity index (χ0v) is 17.3. The van der Waals surface area contributed by atoms with Crippen LogP contribution in [0.15, 0.2) is 41.9 Å². The van der Waals surface area contributed by atoms with Crippen molar-refractivity contribution in [3.05, 3.63) is 36.9 Å². The first-order valence-electron chi connectivity index (χ1n) is 7.93. The number of nitrogens with zero attached hydrogens (tertiary/aromatic N) is 3. The van der Waals surface area contributed by atoms with Gasteiger partial charge in [0.15, 0.2) is 5.96 Å². The van der Waals surface area contributed by atoms with E-state index in [-0.39, 0.29) is 24.0 Å². The summed E-state index contributed by atoms with van der Waals surface area (Å²) in [5.41, 5.74) is 0.913. The van der Waals surface area contributed by atoms with Gasteiger partial charge in [-0.2, -0.15) is 11.8 Å². The number of rotatable bonds is 6. The molecule has 7 heteroatoms. The molecule has 1 aromatic rings. The van der Waals surface area contributed by atoms with E-state index in [9.17, 15) is 5.11 Å². The van der Waals surface area contributed by atoms with E-state index in [1.165, 1.54) is 0 Å². The third-order valence-electron chi connectivity index (χ3n) is 3.78. The molecule has 2 rings (SSSR count). The smallest absolute Gasteiger partial charge is 0.193 e. The van der Waals surface area contributed by atoms with Gasteiger partial charge in [0.2, 0.25) is 0 Å². The number of guanidine groups is 1. The van der Waals surface area contributed by atoms with Gasteiger partial charge in [-0.25, -0.2) is 0 Å². The van der Waals surface area contributed by atoms with Gasteiger partial charge in [0.05, 0.1) is 5.69 Å². The van der Waals surface area contributed by atoms with Gasteiger partial charge in [-0.3, -0.25) is 4.99 Å². The summed E-state index contributed by atoms with van der Waals surface area (Å²) >= 11 is 1.86. The van der Waals surface area contributed by atoms with Gasteiger partial charge in [0, 0.05) is 51.3 Å². The highest BCUT2D eigenvalue weighted by molar-refractivity contribution is 14.0. The first-order chi connectivity index (χ1) is 11.3. The monoisotopic (exact) mass is 462 g/mol. The summed E-state index contributed by atoms with van der Waals surface area (Å²) in [4.78, 5) is 8.87. The fraction of sp³-hybridized carbons (Fsp3) is 0.471. The molecule has 1 fully saturated rings. The Balaban J connectivity index is 0.00000288. The summed E-state index contributed by atoms with van der Waals surface area (Å²) in [7, 11) is 1.83. The number of hydrogen-bond acceptors (Lipinski definition) is 4. The number of aromatic hydroxyl groups is 1. The van der Waals surface area contributed by atoms with Crippen LogP contribution in [0.2, 0.25) is 0 Å². The molecule has 0 saturated carbocycles. The van der Waals surface area contributed by atoms with Crippen molar-refractivity contribution in [2.75, 3.05) is 56.2 Å². The molecule has 0 amide bonds. The minimum atomic E-state index is 0. The van der Waals surface area contributed by atoms with Crippen molar-refractivity contribution in [1.82, 2.24) is 10.2 Å². The lowest BCUT2D eigenvalue weighted by Crippen LogP contribution is -2.52. The summed E-state index contributed by atoms with van der Waals surface area (Å²) < 4.78 is 0. The molecule has 0 aromatic heterocycles. The summed E-state index contributed by atoms with van der Waals surface area (Å²) in [6.45, 7) is 8.18. The first kappa shape index (κ1) is 21.0. The Bertz CT molecular complexity index is 533. The zero-order chi connectivity index (χ0) is 16.5. The number of phenols is 1. The normalized spacial score (nSPS) is 15.0. The fourth-order valence-electron chi connectivity index (χ4n) is 2.62. The van der Waals surface area contributed by atoms with Crippen LogP contribution >= 0.6 is 35.7 Å². The highest BCUT2D eigenvalue weighted by Gasteiger charge is 2.20. The standard InChI is InChI=1S/C17H26N4OS.HI/c1-3-13-23-14-8-19-17(18-2)21-11-9-20(10-12-21)15-6-4-5-7-16(15)22;/h3-7,22H,1,8-14H2,2H3,(H,18,19);1H. The van der Waals surface area contributed by atoms with Crippen molar-refractivity contribution >= 4 is 47.4 Å². The highest BCUT2D eigenvalue weighted by Crippen LogP contribution is 2.27. The lowest BCUT2D eigenvalue weighted by molar-refractivity contribution is 0.371. The van der Waals surface area contributed by atoms with Gasteiger partial charge >= 0.3 is 0 Å². The van der Waals surface area contributed by atoms with Gasteiger partial charge in [0.25, 0.3) is 0 Å². The molecule has 1 saturated heterocycles. The van der Waals surface area contributed by atoms with Crippen molar-refractivity contribution in [3.63, 3.8) is 0 Å². The van der Waals surface area contributed by atoms with E-state index in [0.717, 1.165) is 55.9 Å². The predicted molar refractivity (Wildman–Crippen MR) is 116 cm³/mol. The maximum Gasteiger partial charge on any atom is 0.193 e. The Morgan fingerprint density at radius 3 is 2.67 bits per heavy atom. The van der Waals surface area contributed by atoms with E-state index >= 15 is 0 Å². The van der Waals surface area contributed by atoms with E-state index in [0.29, 0.717) is 5.75 Å². The molecule has 0 radical (unpaired) electrons. The number of piperazine rings is 1. The van der Waals surface area contributed by atoms with E-state index < -0.39 is 0 Å². The maximum absolute atomic E-state index is 9.97. The second-order valence-electron chi connectivity index (χ2n) is 5.30. The Morgan fingerprint density at radius 1 is 1.33 bits per heavy atom. The number of para-hydroxylation sites is 2. The van der Waals surface area contributed by atoms with Crippen LogP contribution in [-0.2, 0) is 0 Å². The van der Waals surface area contributed by atoms with Crippen LogP contribution in [0, 0.1) is 0 Å². The molecule has 1 aliphatic heterocycles. The molecule has 0 spiro atoms. The van der Waals surface area contributed by atoms with Crippen molar-refractivity contribution in [2.45, 2.75) is 0 Å². The Labute approximate surface area is 166 Å². The van der Waals surface area contributed by atoms with Gasteiger partial charge in [-0.15, -0.1) is 30.6 Å².